The van der Waals surface area contributed by atoms with Crippen LogP contribution in [-0.4, -0.2) is 13.9 Å². The normalized spacial score (nSPS) is 11.1. The van der Waals surface area contributed by atoms with Gasteiger partial charge in [0.25, 0.3) is 0 Å². The molecule has 0 aromatic heterocycles. The van der Waals surface area contributed by atoms with Crippen LogP contribution in [0.2, 0.25) is 0 Å². The van der Waals surface area contributed by atoms with Crippen LogP contribution in [0.25, 0.3) is 32.7 Å². The van der Waals surface area contributed by atoms with E-state index < -0.39 is 0 Å². The molecule has 0 saturated carbocycles. The fourth-order valence-electron chi connectivity index (χ4n) is 3.46. The molecule has 4 aromatic rings. The van der Waals surface area contributed by atoms with Crippen molar-refractivity contribution in [2.24, 2.45) is 0 Å². The first kappa shape index (κ1) is 15.7. The van der Waals surface area contributed by atoms with E-state index in [0.717, 1.165) is 11.3 Å². The lowest BCUT2D eigenvalue weighted by atomic mass is 9.90. The molecule has 124 valence electrons. The van der Waals surface area contributed by atoms with Crippen molar-refractivity contribution in [1.82, 2.24) is 0 Å². The minimum atomic E-state index is 0.231. The first-order chi connectivity index (χ1) is 12.3. The van der Waals surface area contributed by atoms with Crippen LogP contribution in [-0.2, 0) is 4.74 Å². The van der Waals surface area contributed by atoms with Crippen molar-refractivity contribution in [2.45, 2.75) is 6.92 Å². The molecule has 0 aliphatic carbocycles. The number of benzene rings is 4. The minimum absolute atomic E-state index is 0.231. The second-order valence-corrected chi connectivity index (χ2v) is 6.19. The Hall–Kier alpha value is -2.84. The number of ether oxygens (including phenoxy) is 2. The molecule has 0 N–H and O–H groups in total. The van der Waals surface area contributed by atoms with Gasteiger partial charge in [-0.3, -0.25) is 0 Å². The van der Waals surface area contributed by atoms with E-state index in [1.807, 2.05) is 6.07 Å². The fourth-order valence-corrected chi connectivity index (χ4v) is 3.46. The Morgan fingerprint density at radius 2 is 1.28 bits per heavy atom. The van der Waals surface area contributed by atoms with Gasteiger partial charge in [0, 0.05) is 12.7 Å². The van der Waals surface area contributed by atoms with E-state index in [9.17, 15) is 0 Å². The summed E-state index contributed by atoms with van der Waals surface area (Å²) in [5, 5.41) is 4.86. The standard InChI is InChI=1S/C23H20O2/c1-16-11-12-17-7-3-5-9-19(17)22(16)23-20-10-6-4-8-18(20)13-14-21(23)25-15-24-2/h3-14H,15H2,1-2H3. The molecular formula is C23H20O2. The van der Waals surface area contributed by atoms with Crippen molar-refractivity contribution in [3.63, 3.8) is 0 Å². The van der Waals surface area contributed by atoms with E-state index in [1.165, 1.54) is 32.7 Å². The van der Waals surface area contributed by atoms with Crippen LogP contribution in [0.1, 0.15) is 5.56 Å². The zero-order valence-electron chi connectivity index (χ0n) is 14.5. The second-order valence-electron chi connectivity index (χ2n) is 6.19. The highest BCUT2D eigenvalue weighted by Crippen LogP contribution is 2.42. The van der Waals surface area contributed by atoms with Gasteiger partial charge >= 0.3 is 0 Å². The lowest BCUT2D eigenvalue weighted by molar-refractivity contribution is 0.0516. The first-order valence-electron chi connectivity index (χ1n) is 8.42. The highest BCUT2D eigenvalue weighted by atomic mass is 16.7. The van der Waals surface area contributed by atoms with Crippen LogP contribution in [0.3, 0.4) is 0 Å². The molecule has 2 nitrogen and oxygen atoms in total. The molecule has 0 heterocycles. The number of hydrogen-bond donors (Lipinski definition) is 0. The van der Waals surface area contributed by atoms with Gasteiger partial charge in [0.1, 0.15) is 5.75 Å². The van der Waals surface area contributed by atoms with Gasteiger partial charge in [0.2, 0.25) is 0 Å². The quantitative estimate of drug-likeness (QED) is 0.431. The van der Waals surface area contributed by atoms with Crippen LogP contribution in [0.5, 0.6) is 5.75 Å². The highest BCUT2D eigenvalue weighted by Gasteiger charge is 2.16. The molecule has 0 amide bonds. The summed E-state index contributed by atoms with van der Waals surface area (Å²) in [5.74, 6) is 0.847. The number of methoxy groups -OCH3 is 1. The molecule has 0 saturated heterocycles. The minimum Gasteiger partial charge on any atom is -0.467 e. The molecule has 0 radical (unpaired) electrons. The van der Waals surface area contributed by atoms with Crippen molar-refractivity contribution < 1.29 is 9.47 Å². The third-order valence-corrected chi connectivity index (χ3v) is 4.61. The summed E-state index contributed by atoms with van der Waals surface area (Å²) < 4.78 is 11.1. The van der Waals surface area contributed by atoms with Gasteiger partial charge in [-0.05, 0) is 45.7 Å². The lowest BCUT2D eigenvalue weighted by Crippen LogP contribution is -2.01. The van der Waals surface area contributed by atoms with Gasteiger partial charge in [0.05, 0.1) is 0 Å². The zero-order valence-corrected chi connectivity index (χ0v) is 14.5. The summed E-state index contributed by atoms with van der Waals surface area (Å²) >= 11 is 0. The maximum absolute atomic E-state index is 5.93. The van der Waals surface area contributed by atoms with E-state index >= 15 is 0 Å². The van der Waals surface area contributed by atoms with Crippen LogP contribution in [0, 0.1) is 6.92 Å². The van der Waals surface area contributed by atoms with Crippen molar-refractivity contribution in [1.29, 1.82) is 0 Å². The first-order valence-corrected chi connectivity index (χ1v) is 8.42. The van der Waals surface area contributed by atoms with Crippen LogP contribution in [0.15, 0.2) is 72.8 Å². The molecule has 0 aliphatic rings. The number of hydrogen-bond acceptors (Lipinski definition) is 2. The molecule has 4 aromatic carbocycles. The van der Waals surface area contributed by atoms with E-state index in [2.05, 4.69) is 73.7 Å². The van der Waals surface area contributed by atoms with Crippen molar-refractivity contribution >= 4 is 21.5 Å². The van der Waals surface area contributed by atoms with Crippen LogP contribution >= 0.6 is 0 Å². The van der Waals surface area contributed by atoms with Gasteiger partial charge in [-0.1, -0.05) is 66.7 Å². The monoisotopic (exact) mass is 328 g/mol. The average molecular weight is 328 g/mol. The summed E-state index contributed by atoms with van der Waals surface area (Å²) in [6.45, 7) is 2.39. The molecule has 25 heavy (non-hydrogen) atoms. The molecule has 0 fully saturated rings. The van der Waals surface area contributed by atoms with Gasteiger partial charge in [-0.25, -0.2) is 0 Å². The maximum Gasteiger partial charge on any atom is 0.188 e. The SMILES string of the molecule is COCOc1ccc2ccccc2c1-c1c(C)ccc2ccccc12. The van der Waals surface area contributed by atoms with Gasteiger partial charge in [0.15, 0.2) is 6.79 Å². The molecule has 0 aliphatic heterocycles. The molecule has 0 atom stereocenters. The fraction of sp³-hybridized carbons (Fsp3) is 0.130. The third kappa shape index (κ3) is 2.75. The Morgan fingerprint density at radius 3 is 1.96 bits per heavy atom. The molecule has 0 unspecified atom stereocenters. The van der Waals surface area contributed by atoms with Crippen LogP contribution < -0.4 is 4.74 Å². The maximum atomic E-state index is 5.93. The number of rotatable bonds is 4. The largest absolute Gasteiger partial charge is 0.467 e. The van der Waals surface area contributed by atoms with Gasteiger partial charge in [-0.15, -0.1) is 0 Å². The molecule has 2 heteroatoms. The van der Waals surface area contributed by atoms with E-state index in [-0.39, 0.29) is 6.79 Å². The smallest absolute Gasteiger partial charge is 0.188 e. The predicted molar refractivity (Wildman–Crippen MR) is 104 cm³/mol. The zero-order chi connectivity index (χ0) is 17.2. The van der Waals surface area contributed by atoms with Gasteiger partial charge in [-0.2, -0.15) is 0 Å². The highest BCUT2D eigenvalue weighted by molar-refractivity contribution is 6.08. The summed E-state index contributed by atoms with van der Waals surface area (Å²) in [6.07, 6.45) is 0. The summed E-state index contributed by atoms with van der Waals surface area (Å²) in [6, 6.07) is 25.4. The molecule has 0 spiro atoms. The second kappa shape index (κ2) is 6.58. The Bertz CT molecular complexity index is 1050. The van der Waals surface area contributed by atoms with Crippen molar-refractivity contribution in [2.75, 3.05) is 13.9 Å². The lowest BCUT2D eigenvalue weighted by Gasteiger charge is -2.18. The average Bonchev–Trinajstić information content (AvgIpc) is 2.66. The van der Waals surface area contributed by atoms with E-state index in [1.54, 1.807) is 7.11 Å². The Labute approximate surface area is 147 Å². The summed E-state index contributed by atoms with van der Waals surface area (Å²) in [4.78, 5) is 0. The predicted octanol–water partition coefficient (Wildman–Crippen LogP) is 5.95. The van der Waals surface area contributed by atoms with E-state index in [4.69, 9.17) is 9.47 Å². The summed E-state index contributed by atoms with van der Waals surface area (Å²) in [7, 11) is 1.64. The topological polar surface area (TPSA) is 18.5 Å². The van der Waals surface area contributed by atoms with Crippen LogP contribution in [0.4, 0.5) is 0 Å². The summed E-state index contributed by atoms with van der Waals surface area (Å²) in [5.41, 5.74) is 3.59. The Morgan fingerprint density at radius 1 is 0.680 bits per heavy atom. The number of fused-ring (bicyclic) bond motifs is 2. The van der Waals surface area contributed by atoms with Crippen molar-refractivity contribution in [3.05, 3.63) is 78.4 Å². The molecular weight excluding hydrogens is 308 g/mol. The Balaban J connectivity index is 2.11. The van der Waals surface area contributed by atoms with E-state index in [0.29, 0.717) is 0 Å². The number of aryl methyl sites for hydroxylation is 1. The molecule has 0 bridgehead atoms. The molecule has 4 rings (SSSR count). The Kier molecular flexibility index (Phi) is 4.12. The van der Waals surface area contributed by atoms with Crippen molar-refractivity contribution in [3.8, 4) is 16.9 Å². The van der Waals surface area contributed by atoms with Gasteiger partial charge < -0.3 is 9.47 Å². The third-order valence-electron chi connectivity index (χ3n) is 4.61.